The molecule has 0 spiro atoms. The summed E-state index contributed by atoms with van der Waals surface area (Å²) in [4.78, 5) is 11.2. The van der Waals surface area contributed by atoms with Gasteiger partial charge in [0.2, 0.25) is 0 Å². The lowest BCUT2D eigenvalue weighted by Gasteiger charge is -2.11. The summed E-state index contributed by atoms with van der Waals surface area (Å²) in [7, 11) is 0. The van der Waals surface area contributed by atoms with Gasteiger partial charge in [0.25, 0.3) is 0 Å². The fourth-order valence-electron chi connectivity index (χ4n) is 3.01. The maximum Gasteiger partial charge on any atom is 0.333 e. The Morgan fingerprint density at radius 2 is 1.29 bits per heavy atom. The highest BCUT2D eigenvalue weighted by Crippen LogP contribution is 2.18. The van der Waals surface area contributed by atoms with Crippen molar-refractivity contribution in [1.29, 1.82) is 0 Å². The molecule has 2 heteroatoms. The van der Waals surface area contributed by atoms with Crippen LogP contribution in [0, 0.1) is 5.92 Å². The topological polar surface area (TPSA) is 26.3 Å². The molecular weight excluding hydrogens is 296 g/mol. The molecule has 1 atom stereocenters. The van der Waals surface area contributed by atoms with Crippen molar-refractivity contribution in [2.75, 3.05) is 6.61 Å². The van der Waals surface area contributed by atoms with Gasteiger partial charge in [-0.2, -0.15) is 0 Å². The quantitative estimate of drug-likeness (QED) is 0.159. The van der Waals surface area contributed by atoms with Crippen molar-refractivity contribution in [3.8, 4) is 0 Å². The van der Waals surface area contributed by atoms with Gasteiger partial charge in [0, 0.05) is 5.57 Å². The van der Waals surface area contributed by atoms with E-state index in [1.807, 2.05) is 0 Å². The number of carbonyl (C=O) groups is 1. The molecule has 142 valence electrons. The van der Waals surface area contributed by atoms with E-state index in [2.05, 4.69) is 20.4 Å². The molecule has 0 saturated carbocycles. The zero-order valence-electron chi connectivity index (χ0n) is 16.7. The molecule has 0 aliphatic carbocycles. The Balaban J connectivity index is 3.25. The van der Waals surface area contributed by atoms with E-state index in [-0.39, 0.29) is 5.97 Å². The number of rotatable bonds is 17. The van der Waals surface area contributed by atoms with Crippen LogP contribution in [0.5, 0.6) is 0 Å². The van der Waals surface area contributed by atoms with Gasteiger partial charge in [-0.3, -0.25) is 0 Å². The number of carbonyl (C=O) groups excluding carboxylic acids is 1. The van der Waals surface area contributed by atoms with Gasteiger partial charge in [0.15, 0.2) is 0 Å². The highest BCUT2D eigenvalue weighted by atomic mass is 16.5. The van der Waals surface area contributed by atoms with E-state index in [4.69, 9.17) is 4.74 Å². The maximum atomic E-state index is 11.2. The van der Waals surface area contributed by atoms with E-state index in [1.165, 1.54) is 77.0 Å². The molecule has 0 aliphatic rings. The van der Waals surface area contributed by atoms with Crippen molar-refractivity contribution in [3.63, 3.8) is 0 Å². The molecule has 1 unspecified atom stereocenters. The van der Waals surface area contributed by atoms with Crippen molar-refractivity contribution in [1.82, 2.24) is 0 Å². The van der Waals surface area contributed by atoms with Gasteiger partial charge in [0.05, 0.1) is 6.61 Å². The largest absolute Gasteiger partial charge is 0.462 e. The number of esters is 1. The zero-order valence-corrected chi connectivity index (χ0v) is 16.7. The molecule has 0 saturated heterocycles. The van der Waals surface area contributed by atoms with Crippen molar-refractivity contribution >= 4 is 5.97 Å². The van der Waals surface area contributed by atoms with Crippen LogP contribution in [-0.2, 0) is 9.53 Å². The third-order valence-electron chi connectivity index (χ3n) is 4.72. The Labute approximate surface area is 151 Å². The molecule has 0 fully saturated rings. The minimum Gasteiger partial charge on any atom is -0.462 e. The Bertz CT molecular complexity index is 309. The molecule has 0 aromatic carbocycles. The predicted octanol–water partition coefficient (Wildman–Crippen LogP) is 7.22. The van der Waals surface area contributed by atoms with Gasteiger partial charge in [0.1, 0.15) is 0 Å². The molecule has 24 heavy (non-hydrogen) atoms. The Morgan fingerprint density at radius 1 is 0.833 bits per heavy atom. The van der Waals surface area contributed by atoms with Gasteiger partial charge in [-0.25, -0.2) is 4.79 Å². The first kappa shape index (κ1) is 23.2. The van der Waals surface area contributed by atoms with Crippen molar-refractivity contribution in [2.45, 2.75) is 111 Å². The number of hydrogen-bond donors (Lipinski definition) is 0. The SMILES string of the molecule is C=C(C)C(=O)OCCCCCC(C)CCCCCCCCCCC. The van der Waals surface area contributed by atoms with Crippen LogP contribution in [0.4, 0.5) is 0 Å². The van der Waals surface area contributed by atoms with E-state index in [1.54, 1.807) is 6.92 Å². The Hall–Kier alpha value is -0.790. The summed E-state index contributed by atoms with van der Waals surface area (Å²) in [6.45, 7) is 10.5. The molecule has 0 radical (unpaired) electrons. The monoisotopic (exact) mass is 338 g/mol. The average molecular weight is 339 g/mol. The first-order chi connectivity index (χ1) is 11.6. The second-order valence-corrected chi connectivity index (χ2v) is 7.49. The van der Waals surface area contributed by atoms with Crippen LogP contribution >= 0.6 is 0 Å². The van der Waals surface area contributed by atoms with E-state index < -0.39 is 0 Å². The van der Waals surface area contributed by atoms with E-state index in [0.29, 0.717) is 12.2 Å². The summed E-state index contributed by atoms with van der Waals surface area (Å²) in [5, 5.41) is 0. The average Bonchev–Trinajstić information content (AvgIpc) is 2.56. The predicted molar refractivity (Wildman–Crippen MR) is 105 cm³/mol. The van der Waals surface area contributed by atoms with Gasteiger partial charge >= 0.3 is 5.97 Å². The van der Waals surface area contributed by atoms with Crippen LogP contribution in [0.25, 0.3) is 0 Å². The fraction of sp³-hybridized carbons (Fsp3) is 0.864. The first-order valence-electron chi connectivity index (χ1n) is 10.4. The Morgan fingerprint density at radius 3 is 1.79 bits per heavy atom. The lowest BCUT2D eigenvalue weighted by molar-refractivity contribution is -0.139. The highest BCUT2D eigenvalue weighted by Gasteiger charge is 2.04. The molecule has 0 bridgehead atoms. The zero-order chi connectivity index (χ0) is 18.0. The van der Waals surface area contributed by atoms with E-state index in [9.17, 15) is 4.79 Å². The molecule has 0 aromatic heterocycles. The second kappa shape index (κ2) is 17.0. The van der Waals surface area contributed by atoms with Crippen molar-refractivity contribution in [2.24, 2.45) is 5.92 Å². The summed E-state index contributed by atoms with van der Waals surface area (Å²) in [5.74, 6) is 0.584. The molecule has 0 aromatic rings. The van der Waals surface area contributed by atoms with E-state index >= 15 is 0 Å². The van der Waals surface area contributed by atoms with Gasteiger partial charge in [-0.1, -0.05) is 104 Å². The molecule has 2 nitrogen and oxygen atoms in total. The van der Waals surface area contributed by atoms with E-state index in [0.717, 1.165) is 18.8 Å². The fourth-order valence-corrected chi connectivity index (χ4v) is 3.01. The maximum absolute atomic E-state index is 11.2. The molecule has 0 heterocycles. The smallest absolute Gasteiger partial charge is 0.333 e. The van der Waals surface area contributed by atoms with Gasteiger partial charge < -0.3 is 4.74 Å². The van der Waals surface area contributed by atoms with Crippen LogP contribution in [-0.4, -0.2) is 12.6 Å². The van der Waals surface area contributed by atoms with Crippen LogP contribution in [0.3, 0.4) is 0 Å². The molecule has 0 N–H and O–H groups in total. The summed E-state index contributed by atoms with van der Waals surface area (Å²) in [6.07, 6.45) is 18.8. The lowest BCUT2D eigenvalue weighted by Crippen LogP contribution is -2.06. The summed E-state index contributed by atoms with van der Waals surface area (Å²) < 4.78 is 5.11. The molecular formula is C22H42O2. The standard InChI is InChI=1S/C22H42O2/c1-5-6-7-8-9-10-11-12-14-17-21(4)18-15-13-16-19-24-22(23)20(2)3/h21H,2,5-19H2,1,3-4H3. The van der Waals surface area contributed by atoms with Crippen molar-refractivity contribution in [3.05, 3.63) is 12.2 Å². The third kappa shape index (κ3) is 16.1. The Kier molecular flexibility index (Phi) is 16.5. The van der Waals surface area contributed by atoms with Crippen molar-refractivity contribution < 1.29 is 9.53 Å². The highest BCUT2D eigenvalue weighted by molar-refractivity contribution is 5.86. The number of unbranched alkanes of at least 4 members (excludes halogenated alkanes) is 10. The van der Waals surface area contributed by atoms with Gasteiger partial charge in [-0.05, 0) is 19.3 Å². The van der Waals surface area contributed by atoms with Crippen LogP contribution in [0.15, 0.2) is 12.2 Å². The number of hydrogen-bond acceptors (Lipinski definition) is 2. The van der Waals surface area contributed by atoms with Crippen LogP contribution in [0.1, 0.15) is 111 Å². The first-order valence-corrected chi connectivity index (χ1v) is 10.4. The third-order valence-corrected chi connectivity index (χ3v) is 4.72. The summed E-state index contributed by atoms with van der Waals surface area (Å²) in [5.41, 5.74) is 0.490. The lowest BCUT2D eigenvalue weighted by atomic mass is 9.96. The second-order valence-electron chi connectivity index (χ2n) is 7.49. The summed E-state index contributed by atoms with van der Waals surface area (Å²) in [6, 6.07) is 0. The minimum absolute atomic E-state index is 0.256. The normalized spacial score (nSPS) is 12.1. The number of ether oxygens (including phenoxy) is 1. The van der Waals surface area contributed by atoms with Crippen LogP contribution in [0.2, 0.25) is 0 Å². The minimum atomic E-state index is -0.256. The molecule has 0 rings (SSSR count). The summed E-state index contributed by atoms with van der Waals surface area (Å²) >= 11 is 0. The molecule has 0 amide bonds. The van der Waals surface area contributed by atoms with Gasteiger partial charge in [-0.15, -0.1) is 0 Å². The molecule has 0 aliphatic heterocycles. The van der Waals surface area contributed by atoms with Crippen LogP contribution < -0.4 is 0 Å².